The minimum Gasteiger partial charge on any atom is -0.478 e. The Bertz CT molecular complexity index is 624. The monoisotopic (exact) mass is 342 g/mol. The van der Waals surface area contributed by atoms with Gasteiger partial charge in [0.2, 0.25) is 0 Å². The molecule has 20 heavy (non-hydrogen) atoms. The summed E-state index contributed by atoms with van der Waals surface area (Å²) in [4.78, 5) is 32.7. The second kappa shape index (κ2) is 6.29. The normalized spacial score (nSPS) is 11.6. The van der Waals surface area contributed by atoms with Gasteiger partial charge in [0, 0.05) is 27.8 Å². The number of halogens is 1. The van der Waals surface area contributed by atoms with Crippen molar-refractivity contribution < 1.29 is 19.6 Å². The largest absolute Gasteiger partial charge is 0.478 e. The van der Waals surface area contributed by atoms with Crippen molar-refractivity contribution >= 4 is 39.2 Å². The summed E-state index contributed by atoms with van der Waals surface area (Å²) in [7, 11) is 0. The van der Waals surface area contributed by atoms with Crippen LogP contribution in [-0.4, -0.2) is 21.9 Å². The van der Waals surface area contributed by atoms with Gasteiger partial charge in [-0.1, -0.05) is 0 Å². The lowest BCUT2D eigenvalue weighted by atomic mass is 10.1. The lowest BCUT2D eigenvalue weighted by Gasteiger charge is -2.08. The molecule has 0 radical (unpaired) electrons. The molecule has 0 saturated carbocycles. The van der Waals surface area contributed by atoms with Gasteiger partial charge in [-0.3, -0.25) is 14.9 Å². The molecule has 0 saturated heterocycles. The number of carboxylic acid groups (broad SMARTS) is 1. The number of nitrogens with one attached hydrogen (secondary N) is 1. The average molecular weight is 343 g/mol. The van der Waals surface area contributed by atoms with Crippen molar-refractivity contribution in [3.05, 3.63) is 43.9 Å². The van der Waals surface area contributed by atoms with E-state index in [4.69, 9.17) is 5.11 Å². The van der Waals surface area contributed by atoms with E-state index in [0.29, 0.717) is 4.47 Å². The zero-order valence-electron chi connectivity index (χ0n) is 10.6. The van der Waals surface area contributed by atoms with Gasteiger partial charge >= 0.3 is 5.97 Å². The molecule has 0 atom stereocenters. The fraction of sp³-hybridized carbons (Fsp3) is 0.167. The molecule has 1 aromatic carbocycles. The standard InChI is InChI=1S/C12H11BrN2O5/c1-6(7(2)12(17)18)11(16)14-10-5-8(15(19)20)3-4-9(10)13/h3-5H,1-2H3,(H,14,16)(H,17,18)/b7-6+. The maximum Gasteiger partial charge on any atom is 0.331 e. The van der Waals surface area contributed by atoms with Gasteiger partial charge in [-0.25, -0.2) is 4.79 Å². The number of non-ortho nitro benzene ring substituents is 1. The Morgan fingerprint density at radius 2 is 1.90 bits per heavy atom. The van der Waals surface area contributed by atoms with Crippen molar-refractivity contribution in [2.45, 2.75) is 13.8 Å². The summed E-state index contributed by atoms with van der Waals surface area (Å²) in [6.45, 7) is 2.67. The molecule has 1 amide bonds. The van der Waals surface area contributed by atoms with Gasteiger partial charge in [0.05, 0.1) is 10.6 Å². The fourth-order valence-electron chi connectivity index (χ4n) is 1.27. The summed E-state index contributed by atoms with van der Waals surface area (Å²) >= 11 is 3.15. The van der Waals surface area contributed by atoms with E-state index in [1.807, 2.05) is 0 Å². The van der Waals surface area contributed by atoms with Crippen molar-refractivity contribution in [3.63, 3.8) is 0 Å². The number of nitro groups is 1. The highest BCUT2D eigenvalue weighted by atomic mass is 79.9. The average Bonchev–Trinajstić information content (AvgIpc) is 2.38. The minimum atomic E-state index is -1.20. The number of rotatable bonds is 4. The van der Waals surface area contributed by atoms with Crippen LogP contribution in [0.1, 0.15) is 13.8 Å². The molecule has 0 bridgehead atoms. The quantitative estimate of drug-likeness (QED) is 0.496. The number of anilines is 1. The molecular weight excluding hydrogens is 332 g/mol. The van der Waals surface area contributed by atoms with Crippen molar-refractivity contribution in [2.75, 3.05) is 5.32 Å². The van der Waals surface area contributed by atoms with Crippen LogP contribution in [0.2, 0.25) is 0 Å². The van der Waals surface area contributed by atoms with Crippen LogP contribution in [-0.2, 0) is 9.59 Å². The SMILES string of the molecule is C/C(C(=O)O)=C(/C)C(=O)Nc1cc([N+](=O)[O-])ccc1Br. The highest BCUT2D eigenvalue weighted by Gasteiger charge is 2.16. The Hall–Kier alpha value is -2.22. The van der Waals surface area contributed by atoms with Crippen molar-refractivity contribution in [3.8, 4) is 0 Å². The maximum atomic E-state index is 11.9. The third-order valence-electron chi connectivity index (χ3n) is 2.63. The number of nitro benzene ring substituents is 1. The second-order valence-electron chi connectivity index (χ2n) is 3.93. The third kappa shape index (κ3) is 3.64. The molecule has 0 aromatic heterocycles. The highest BCUT2D eigenvalue weighted by Crippen LogP contribution is 2.27. The highest BCUT2D eigenvalue weighted by molar-refractivity contribution is 9.10. The first kappa shape index (κ1) is 15.8. The van der Waals surface area contributed by atoms with E-state index in [9.17, 15) is 19.7 Å². The Labute approximate surface area is 122 Å². The zero-order chi connectivity index (χ0) is 15.4. The number of carbonyl (C=O) groups is 2. The van der Waals surface area contributed by atoms with E-state index in [1.165, 1.54) is 32.0 Å². The van der Waals surface area contributed by atoms with Gasteiger partial charge in [0.15, 0.2) is 0 Å². The first-order valence-electron chi connectivity index (χ1n) is 5.40. The first-order chi connectivity index (χ1) is 9.23. The molecule has 7 nitrogen and oxygen atoms in total. The fourth-order valence-corrected chi connectivity index (χ4v) is 1.62. The van der Waals surface area contributed by atoms with Crippen LogP contribution in [0.25, 0.3) is 0 Å². The van der Waals surface area contributed by atoms with E-state index in [-0.39, 0.29) is 22.5 Å². The smallest absolute Gasteiger partial charge is 0.331 e. The van der Waals surface area contributed by atoms with Crippen LogP contribution < -0.4 is 5.32 Å². The summed E-state index contributed by atoms with van der Waals surface area (Å²) < 4.78 is 0.456. The van der Waals surface area contributed by atoms with Crippen molar-refractivity contribution in [1.29, 1.82) is 0 Å². The molecule has 0 aliphatic heterocycles. The van der Waals surface area contributed by atoms with Gasteiger partial charge in [-0.2, -0.15) is 0 Å². The number of hydrogen-bond acceptors (Lipinski definition) is 4. The van der Waals surface area contributed by atoms with Crippen LogP contribution in [0.15, 0.2) is 33.8 Å². The predicted octanol–water partition coefficient (Wildman–Crippen LogP) is 2.72. The molecule has 1 aromatic rings. The first-order valence-corrected chi connectivity index (χ1v) is 6.19. The Kier molecular flexibility index (Phi) is 4.98. The topological polar surface area (TPSA) is 110 Å². The Morgan fingerprint density at radius 1 is 1.30 bits per heavy atom. The lowest BCUT2D eigenvalue weighted by molar-refractivity contribution is -0.384. The third-order valence-corrected chi connectivity index (χ3v) is 3.32. The van der Waals surface area contributed by atoms with E-state index in [0.717, 1.165) is 0 Å². The number of amides is 1. The van der Waals surface area contributed by atoms with E-state index in [1.54, 1.807) is 0 Å². The molecule has 1 rings (SSSR count). The van der Waals surface area contributed by atoms with Crippen LogP contribution in [0, 0.1) is 10.1 Å². The number of carboxylic acids is 1. The van der Waals surface area contributed by atoms with E-state index < -0.39 is 16.8 Å². The summed E-state index contributed by atoms with van der Waals surface area (Å²) in [5.41, 5.74) is -0.0539. The van der Waals surface area contributed by atoms with Gasteiger partial charge in [-0.05, 0) is 35.8 Å². The summed E-state index contributed by atoms with van der Waals surface area (Å²) in [6.07, 6.45) is 0. The molecule has 0 aliphatic rings. The Balaban J connectivity index is 3.08. The minimum absolute atomic E-state index is 0.0240. The van der Waals surface area contributed by atoms with Gasteiger partial charge in [0.1, 0.15) is 0 Å². The van der Waals surface area contributed by atoms with Crippen LogP contribution >= 0.6 is 15.9 Å². The number of carbonyl (C=O) groups excluding carboxylic acids is 1. The molecule has 0 heterocycles. The maximum absolute atomic E-state index is 11.9. The number of nitrogens with zero attached hydrogens (tertiary/aromatic N) is 1. The van der Waals surface area contributed by atoms with Crippen molar-refractivity contribution in [1.82, 2.24) is 0 Å². The summed E-state index contributed by atoms with van der Waals surface area (Å²) in [5.74, 6) is -1.83. The number of benzene rings is 1. The molecule has 0 aliphatic carbocycles. The molecule has 0 spiro atoms. The molecule has 2 N–H and O–H groups in total. The van der Waals surface area contributed by atoms with Crippen LogP contribution in [0.4, 0.5) is 11.4 Å². The van der Waals surface area contributed by atoms with Gasteiger partial charge in [0.25, 0.3) is 11.6 Å². The molecular formula is C12H11BrN2O5. The van der Waals surface area contributed by atoms with Crippen LogP contribution in [0.5, 0.6) is 0 Å². The Morgan fingerprint density at radius 3 is 2.40 bits per heavy atom. The number of aliphatic carboxylic acids is 1. The second-order valence-corrected chi connectivity index (χ2v) is 4.78. The predicted molar refractivity (Wildman–Crippen MR) is 75.4 cm³/mol. The van der Waals surface area contributed by atoms with Gasteiger partial charge in [-0.15, -0.1) is 0 Å². The van der Waals surface area contributed by atoms with E-state index >= 15 is 0 Å². The summed E-state index contributed by atoms with van der Waals surface area (Å²) in [5, 5.41) is 21.9. The number of hydrogen-bond donors (Lipinski definition) is 2. The molecule has 0 fully saturated rings. The summed E-state index contributed by atoms with van der Waals surface area (Å²) in [6, 6.07) is 3.90. The lowest BCUT2D eigenvalue weighted by Crippen LogP contribution is -2.16. The zero-order valence-corrected chi connectivity index (χ0v) is 12.2. The van der Waals surface area contributed by atoms with Crippen LogP contribution in [0.3, 0.4) is 0 Å². The van der Waals surface area contributed by atoms with Crippen molar-refractivity contribution in [2.24, 2.45) is 0 Å². The molecule has 8 heteroatoms. The molecule has 0 unspecified atom stereocenters. The van der Waals surface area contributed by atoms with E-state index in [2.05, 4.69) is 21.2 Å². The molecule has 106 valence electrons. The van der Waals surface area contributed by atoms with Gasteiger partial charge < -0.3 is 10.4 Å².